The fourth-order valence-corrected chi connectivity index (χ4v) is 3.29. The molecule has 1 aliphatic carbocycles. The van der Waals surface area contributed by atoms with Crippen molar-refractivity contribution in [3.63, 3.8) is 0 Å². The molecule has 2 N–H and O–H groups in total. The molecule has 1 saturated carbocycles. The average Bonchev–Trinajstić information content (AvgIpc) is 2.90. The van der Waals surface area contributed by atoms with E-state index in [-0.39, 0.29) is 28.2 Å². The summed E-state index contributed by atoms with van der Waals surface area (Å²) in [5.74, 6) is -0.841. The summed E-state index contributed by atoms with van der Waals surface area (Å²) in [6.45, 7) is 7.73. The minimum Gasteiger partial charge on any atom is -0.477 e. The molecule has 1 heterocycles. The summed E-state index contributed by atoms with van der Waals surface area (Å²) in [6, 6.07) is -0.249. The van der Waals surface area contributed by atoms with Crippen molar-refractivity contribution in [3.8, 4) is 0 Å². The van der Waals surface area contributed by atoms with Crippen molar-refractivity contribution in [1.82, 2.24) is 10.3 Å². The van der Waals surface area contributed by atoms with E-state index in [4.69, 9.17) is 5.11 Å². The number of aromatic carboxylic acids is 1. The van der Waals surface area contributed by atoms with Crippen LogP contribution in [0.1, 0.15) is 60.0 Å². The molecule has 110 valence electrons. The summed E-state index contributed by atoms with van der Waals surface area (Å²) in [7, 11) is 0. The van der Waals surface area contributed by atoms with Gasteiger partial charge in [-0.15, -0.1) is 11.3 Å². The predicted octanol–water partition coefficient (Wildman–Crippen LogP) is 2.76. The molecule has 3 atom stereocenters. The highest BCUT2D eigenvalue weighted by Crippen LogP contribution is 2.54. The van der Waals surface area contributed by atoms with E-state index in [9.17, 15) is 9.59 Å². The van der Waals surface area contributed by atoms with Crippen LogP contribution in [0, 0.1) is 18.3 Å². The summed E-state index contributed by atoms with van der Waals surface area (Å²) in [5, 5.41) is 12.6. The number of carboxylic acid groups (broad SMARTS) is 1. The normalized spacial score (nSPS) is 26.1. The molecular formula is C14H20N2O3S. The summed E-state index contributed by atoms with van der Waals surface area (Å²) >= 11 is 1.13. The average molecular weight is 296 g/mol. The van der Waals surface area contributed by atoms with Crippen molar-refractivity contribution in [2.45, 2.75) is 46.6 Å². The van der Waals surface area contributed by atoms with Gasteiger partial charge in [0.05, 0.1) is 11.7 Å². The number of amides is 1. The number of carbonyl (C=O) groups is 2. The molecule has 0 bridgehead atoms. The molecule has 2 rings (SSSR count). The zero-order valence-corrected chi connectivity index (χ0v) is 13.0. The lowest BCUT2D eigenvalue weighted by atomic mass is 10.0. The number of nitrogens with zero attached hydrogens (tertiary/aromatic N) is 1. The van der Waals surface area contributed by atoms with E-state index in [0.717, 1.165) is 24.2 Å². The quantitative estimate of drug-likeness (QED) is 0.875. The third-order valence-electron chi connectivity index (χ3n) is 4.21. The van der Waals surface area contributed by atoms with Gasteiger partial charge < -0.3 is 10.4 Å². The highest BCUT2D eigenvalue weighted by Gasteiger charge is 2.53. The van der Waals surface area contributed by atoms with Gasteiger partial charge in [-0.2, -0.15) is 0 Å². The molecule has 1 aromatic rings. The van der Waals surface area contributed by atoms with Gasteiger partial charge >= 0.3 is 5.97 Å². The third-order valence-corrected chi connectivity index (χ3v) is 5.54. The Kier molecular flexibility index (Phi) is 3.86. The standard InChI is InChI=1S/C14H20N2O3S/c1-5-14(4)6-9(14)11(17)15-8(3)12-16-7(2)10(20-12)13(18)19/h8-9H,5-6H2,1-4H3,(H,15,17)(H,18,19). The number of carbonyl (C=O) groups excluding carboxylic acids is 1. The van der Waals surface area contributed by atoms with Crippen LogP contribution in [-0.2, 0) is 4.79 Å². The van der Waals surface area contributed by atoms with E-state index < -0.39 is 5.97 Å². The van der Waals surface area contributed by atoms with Crippen molar-refractivity contribution >= 4 is 23.2 Å². The summed E-state index contributed by atoms with van der Waals surface area (Å²) in [6.07, 6.45) is 1.93. The Hall–Kier alpha value is -1.43. The highest BCUT2D eigenvalue weighted by atomic mass is 32.1. The molecule has 1 fully saturated rings. The van der Waals surface area contributed by atoms with Crippen LogP contribution in [0.25, 0.3) is 0 Å². The predicted molar refractivity (Wildman–Crippen MR) is 76.9 cm³/mol. The minimum absolute atomic E-state index is 0.0478. The van der Waals surface area contributed by atoms with Gasteiger partial charge in [-0.1, -0.05) is 13.8 Å². The molecule has 6 heteroatoms. The largest absolute Gasteiger partial charge is 0.477 e. The van der Waals surface area contributed by atoms with E-state index in [1.165, 1.54) is 0 Å². The summed E-state index contributed by atoms with van der Waals surface area (Å²) in [5.41, 5.74) is 0.637. The zero-order chi connectivity index (χ0) is 15.1. The van der Waals surface area contributed by atoms with E-state index >= 15 is 0 Å². The molecule has 3 unspecified atom stereocenters. The summed E-state index contributed by atoms with van der Waals surface area (Å²) in [4.78, 5) is 27.6. The maximum Gasteiger partial charge on any atom is 0.347 e. The fraction of sp³-hybridized carbons (Fsp3) is 0.643. The van der Waals surface area contributed by atoms with Crippen LogP contribution >= 0.6 is 11.3 Å². The van der Waals surface area contributed by atoms with Crippen LogP contribution in [0.2, 0.25) is 0 Å². The van der Waals surface area contributed by atoms with Crippen LogP contribution in [-0.4, -0.2) is 22.0 Å². The highest BCUT2D eigenvalue weighted by molar-refractivity contribution is 7.13. The fourth-order valence-electron chi connectivity index (χ4n) is 2.38. The van der Waals surface area contributed by atoms with Gasteiger partial charge in [0, 0.05) is 5.92 Å². The first-order valence-electron chi connectivity index (χ1n) is 6.79. The molecule has 0 saturated heterocycles. The van der Waals surface area contributed by atoms with Gasteiger partial charge in [-0.25, -0.2) is 9.78 Å². The third kappa shape index (κ3) is 2.70. The van der Waals surface area contributed by atoms with Crippen molar-refractivity contribution in [2.24, 2.45) is 11.3 Å². The minimum atomic E-state index is -0.967. The van der Waals surface area contributed by atoms with Gasteiger partial charge in [-0.3, -0.25) is 4.79 Å². The lowest BCUT2D eigenvalue weighted by Gasteiger charge is -2.13. The summed E-state index contributed by atoms with van der Waals surface area (Å²) < 4.78 is 0. The second-order valence-electron chi connectivity index (χ2n) is 5.77. The second kappa shape index (κ2) is 5.16. The van der Waals surface area contributed by atoms with Crippen LogP contribution in [0.15, 0.2) is 0 Å². The molecule has 1 aliphatic rings. The number of aryl methyl sites for hydroxylation is 1. The van der Waals surface area contributed by atoms with Crippen LogP contribution in [0.5, 0.6) is 0 Å². The van der Waals surface area contributed by atoms with Crippen molar-refractivity contribution in [3.05, 3.63) is 15.6 Å². The molecule has 0 aromatic carbocycles. The molecule has 1 aromatic heterocycles. The molecule has 0 aliphatic heterocycles. The van der Waals surface area contributed by atoms with Gasteiger partial charge in [-0.05, 0) is 32.1 Å². The lowest BCUT2D eigenvalue weighted by Crippen LogP contribution is -2.29. The SMILES string of the molecule is CCC1(C)CC1C(=O)NC(C)c1nc(C)c(C(=O)O)s1. The Balaban J connectivity index is 2.02. The first kappa shape index (κ1) is 15.0. The Morgan fingerprint density at radius 3 is 2.70 bits per heavy atom. The number of rotatable bonds is 5. The maximum atomic E-state index is 12.1. The smallest absolute Gasteiger partial charge is 0.347 e. The molecular weight excluding hydrogens is 276 g/mol. The molecule has 0 spiro atoms. The van der Waals surface area contributed by atoms with Gasteiger partial charge in [0.1, 0.15) is 9.88 Å². The topological polar surface area (TPSA) is 79.3 Å². The molecule has 20 heavy (non-hydrogen) atoms. The first-order chi connectivity index (χ1) is 9.28. The van der Waals surface area contributed by atoms with E-state index in [1.807, 2.05) is 6.92 Å². The van der Waals surface area contributed by atoms with Crippen LogP contribution in [0.4, 0.5) is 0 Å². The van der Waals surface area contributed by atoms with Gasteiger partial charge in [0.15, 0.2) is 0 Å². The number of hydrogen-bond acceptors (Lipinski definition) is 4. The van der Waals surface area contributed by atoms with Crippen molar-refractivity contribution in [1.29, 1.82) is 0 Å². The first-order valence-corrected chi connectivity index (χ1v) is 7.61. The van der Waals surface area contributed by atoms with E-state index in [2.05, 4.69) is 24.1 Å². The van der Waals surface area contributed by atoms with Crippen molar-refractivity contribution < 1.29 is 14.7 Å². The zero-order valence-electron chi connectivity index (χ0n) is 12.2. The van der Waals surface area contributed by atoms with Gasteiger partial charge in [0.2, 0.25) is 5.91 Å². The molecule has 1 amide bonds. The lowest BCUT2D eigenvalue weighted by molar-refractivity contribution is -0.123. The Labute approximate surface area is 122 Å². The molecule has 0 radical (unpaired) electrons. The maximum absolute atomic E-state index is 12.1. The Morgan fingerprint density at radius 2 is 2.25 bits per heavy atom. The number of hydrogen-bond donors (Lipinski definition) is 2. The van der Waals surface area contributed by atoms with Crippen LogP contribution in [0.3, 0.4) is 0 Å². The van der Waals surface area contributed by atoms with E-state index in [1.54, 1.807) is 6.92 Å². The van der Waals surface area contributed by atoms with Crippen molar-refractivity contribution in [2.75, 3.05) is 0 Å². The Morgan fingerprint density at radius 1 is 1.60 bits per heavy atom. The molecule has 5 nitrogen and oxygen atoms in total. The number of carboxylic acids is 1. The number of aromatic nitrogens is 1. The monoisotopic (exact) mass is 296 g/mol. The van der Waals surface area contributed by atoms with Crippen LogP contribution < -0.4 is 5.32 Å². The Bertz CT molecular complexity index is 555. The number of thiazole rings is 1. The number of nitrogens with one attached hydrogen (secondary N) is 1. The van der Waals surface area contributed by atoms with Gasteiger partial charge in [0.25, 0.3) is 0 Å². The second-order valence-corrected chi connectivity index (χ2v) is 6.80. The van der Waals surface area contributed by atoms with E-state index in [0.29, 0.717) is 10.7 Å².